The lowest BCUT2D eigenvalue weighted by Gasteiger charge is -2.34. The van der Waals surface area contributed by atoms with Gasteiger partial charge in [0.2, 0.25) is 0 Å². The van der Waals surface area contributed by atoms with E-state index in [1.165, 1.54) is 150 Å². The maximum Gasteiger partial charge on any atom is 0.0713 e. The molecule has 0 nitrogen and oxygen atoms in total. The highest BCUT2D eigenvalue weighted by Gasteiger charge is 2.49. The van der Waals surface area contributed by atoms with E-state index in [2.05, 4.69) is 283 Å². The van der Waals surface area contributed by atoms with Crippen molar-refractivity contribution in [3.05, 3.63) is 332 Å². The first kappa shape index (κ1) is 45.7. The molecular formula is C76H58. The zero-order chi connectivity index (χ0) is 51.3. The van der Waals surface area contributed by atoms with Gasteiger partial charge in [-0.2, -0.15) is 0 Å². The lowest BCUT2D eigenvalue weighted by Crippen LogP contribution is -2.28. The van der Waals surface area contributed by atoms with Crippen molar-refractivity contribution in [1.29, 1.82) is 0 Å². The Morgan fingerprint density at radius 2 is 0.671 bits per heavy atom. The summed E-state index contributed by atoms with van der Waals surface area (Å²) < 4.78 is 0. The Kier molecular flexibility index (Phi) is 10.6. The third kappa shape index (κ3) is 7.04. The third-order valence-corrected chi connectivity index (χ3v) is 17.2. The predicted octanol–water partition coefficient (Wildman–Crippen LogP) is 19.2. The first-order valence-corrected chi connectivity index (χ1v) is 27.0. The molecule has 0 aliphatic heterocycles. The van der Waals surface area contributed by atoms with Crippen molar-refractivity contribution >= 4 is 21.5 Å². The van der Waals surface area contributed by atoms with E-state index in [0.717, 1.165) is 6.42 Å². The van der Waals surface area contributed by atoms with Gasteiger partial charge in [0, 0.05) is 0 Å². The fourth-order valence-electron chi connectivity index (χ4n) is 13.5. The normalized spacial score (nSPS) is 14.9. The van der Waals surface area contributed by atoms with E-state index in [-0.39, 0.29) is 0 Å². The molecule has 0 heterocycles. The highest BCUT2D eigenvalue weighted by Crippen LogP contribution is 2.60. The van der Waals surface area contributed by atoms with Crippen molar-refractivity contribution < 1.29 is 0 Å². The minimum Gasteiger partial charge on any atom is -0.0619 e. The van der Waals surface area contributed by atoms with Gasteiger partial charge in [0.1, 0.15) is 0 Å². The van der Waals surface area contributed by atoms with Crippen molar-refractivity contribution in [3.8, 4) is 44.5 Å². The molecule has 2 aliphatic carbocycles. The van der Waals surface area contributed by atoms with Gasteiger partial charge in [-0.25, -0.2) is 0 Å². The van der Waals surface area contributed by atoms with Gasteiger partial charge >= 0.3 is 0 Å². The average Bonchev–Trinajstić information content (AvgIpc) is 4.00. The summed E-state index contributed by atoms with van der Waals surface area (Å²) in [6.45, 7) is 10.9. The molecule has 0 aromatic heterocycles. The summed E-state index contributed by atoms with van der Waals surface area (Å²) in [5.74, 6) is 0. The topological polar surface area (TPSA) is 0 Å². The number of hydrogen-bond acceptors (Lipinski definition) is 0. The number of benzene rings is 12. The van der Waals surface area contributed by atoms with Crippen molar-refractivity contribution in [1.82, 2.24) is 0 Å². The molecule has 0 fully saturated rings. The van der Waals surface area contributed by atoms with E-state index in [0.29, 0.717) is 0 Å². The standard InChI is InChI=1S/C76H58/c1-48-19-33-62(34-20-48)75(70-15-9-7-12-68(70)74-66(13-10-16-71(74)75)59-32-31-55-42-52(5)18-28-57(55)45-59)65-39-25-53(26-40-65)43-61-46-60(58-30-29-54-41-51(4)17-27-56(54)44-58)47-72-73(61)67-11-6-8-14-69(67)76(72,63-35-21-49(2)22-36-63)64-37-23-50(3)24-38-64/h6-42,44-47H,43H2,1-5H3. The molecule has 1 atom stereocenters. The Morgan fingerprint density at radius 3 is 1.22 bits per heavy atom. The van der Waals surface area contributed by atoms with Crippen LogP contribution >= 0.6 is 0 Å². The third-order valence-electron chi connectivity index (χ3n) is 17.2. The van der Waals surface area contributed by atoms with Crippen molar-refractivity contribution in [2.45, 2.75) is 51.9 Å². The zero-order valence-corrected chi connectivity index (χ0v) is 43.9. The minimum absolute atomic E-state index is 0.537. The highest BCUT2D eigenvalue weighted by atomic mass is 14.5. The lowest BCUT2D eigenvalue weighted by atomic mass is 9.67. The summed E-state index contributed by atoms with van der Waals surface area (Å²) in [5, 5.41) is 5.05. The molecule has 0 amide bonds. The quantitative estimate of drug-likeness (QED) is 0.142. The summed E-state index contributed by atoms with van der Waals surface area (Å²) in [7, 11) is 0. The molecule has 12 aromatic rings. The molecule has 14 rings (SSSR count). The van der Waals surface area contributed by atoms with Gasteiger partial charge in [-0.15, -0.1) is 0 Å². The first-order chi connectivity index (χ1) is 37.2. The van der Waals surface area contributed by atoms with Gasteiger partial charge in [-0.05, 0) is 181 Å². The Hall–Kier alpha value is -8.84. The monoisotopic (exact) mass is 970 g/mol. The molecule has 0 heteroatoms. The van der Waals surface area contributed by atoms with Crippen LogP contribution in [0.15, 0.2) is 249 Å². The molecular weight excluding hydrogens is 913 g/mol. The second-order valence-electron chi connectivity index (χ2n) is 22.0. The Balaban J connectivity index is 0.969. The van der Waals surface area contributed by atoms with Crippen LogP contribution in [0.2, 0.25) is 0 Å². The smallest absolute Gasteiger partial charge is 0.0619 e. The number of hydrogen-bond donors (Lipinski definition) is 0. The second kappa shape index (κ2) is 17.6. The van der Waals surface area contributed by atoms with Gasteiger partial charge in [0.05, 0.1) is 10.8 Å². The Labute approximate surface area is 447 Å². The molecule has 0 spiro atoms. The average molecular weight is 971 g/mol. The van der Waals surface area contributed by atoms with Crippen molar-refractivity contribution in [2.24, 2.45) is 0 Å². The van der Waals surface area contributed by atoms with E-state index in [9.17, 15) is 0 Å². The summed E-state index contributed by atoms with van der Waals surface area (Å²) in [6, 6.07) is 95.8. The first-order valence-electron chi connectivity index (χ1n) is 27.0. The SMILES string of the molecule is Cc1ccc(C2(c3ccc(C)cc3)c3ccccc3-c3c(Cc4ccc(C5(c6ccc(C)cc6)c6ccccc6-c6c(-c7ccc8cc(C)ccc8c7)cccc65)cc4)cc(-c4ccc5cc(C)ccc5c4)cc32)cc1. The lowest BCUT2D eigenvalue weighted by molar-refractivity contribution is 0.766. The van der Waals surface area contributed by atoms with Crippen LogP contribution in [0.4, 0.5) is 0 Å². The molecule has 1 unspecified atom stereocenters. The van der Waals surface area contributed by atoms with Gasteiger partial charge < -0.3 is 0 Å². The van der Waals surface area contributed by atoms with E-state index < -0.39 is 10.8 Å². The van der Waals surface area contributed by atoms with E-state index in [1.54, 1.807) is 0 Å². The molecule has 0 bridgehead atoms. The molecule has 0 saturated carbocycles. The van der Waals surface area contributed by atoms with Crippen LogP contribution in [0.25, 0.3) is 66.1 Å². The van der Waals surface area contributed by atoms with Crippen LogP contribution in [-0.4, -0.2) is 0 Å². The van der Waals surface area contributed by atoms with Crippen LogP contribution in [0.3, 0.4) is 0 Å². The maximum absolute atomic E-state index is 2.53. The Morgan fingerprint density at radius 1 is 0.263 bits per heavy atom. The maximum atomic E-state index is 2.53. The van der Waals surface area contributed by atoms with Gasteiger partial charge in [-0.1, -0.05) is 258 Å². The van der Waals surface area contributed by atoms with Crippen LogP contribution < -0.4 is 0 Å². The minimum atomic E-state index is -0.543. The predicted molar refractivity (Wildman–Crippen MR) is 320 cm³/mol. The van der Waals surface area contributed by atoms with Crippen LogP contribution in [-0.2, 0) is 17.3 Å². The van der Waals surface area contributed by atoms with Gasteiger partial charge in [-0.3, -0.25) is 0 Å². The molecule has 2 aliphatic rings. The van der Waals surface area contributed by atoms with Crippen molar-refractivity contribution in [3.63, 3.8) is 0 Å². The molecule has 362 valence electrons. The largest absolute Gasteiger partial charge is 0.0713 e. The highest BCUT2D eigenvalue weighted by molar-refractivity contribution is 5.98. The zero-order valence-electron chi connectivity index (χ0n) is 43.9. The van der Waals surface area contributed by atoms with Crippen LogP contribution in [0, 0.1) is 34.6 Å². The summed E-state index contributed by atoms with van der Waals surface area (Å²) in [4.78, 5) is 0. The molecule has 0 N–H and O–H groups in total. The number of aryl methyl sites for hydroxylation is 5. The van der Waals surface area contributed by atoms with E-state index in [4.69, 9.17) is 0 Å². The number of rotatable bonds is 8. The molecule has 0 saturated heterocycles. The fraction of sp³-hybridized carbons (Fsp3) is 0.105. The number of fused-ring (bicyclic) bond motifs is 8. The molecule has 12 aromatic carbocycles. The van der Waals surface area contributed by atoms with Gasteiger partial charge in [0.15, 0.2) is 0 Å². The molecule has 76 heavy (non-hydrogen) atoms. The van der Waals surface area contributed by atoms with E-state index in [1.807, 2.05) is 0 Å². The van der Waals surface area contributed by atoms with Crippen LogP contribution in [0.5, 0.6) is 0 Å². The Bertz CT molecular complexity index is 4220. The van der Waals surface area contributed by atoms with E-state index >= 15 is 0 Å². The van der Waals surface area contributed by atoms with Crippen LogP contribution in [0.1, 0.15) is 83.5 Å². The fourth-order valence-corrected chi connectivity index (χ4v) is 13.5. The van der Waals surface area contributed by atoms with Crippen molar-refractivity contribution in [2.75, 3.05) is 0 Å². The second-order valence-corrected chi connectivity index (χ2v) is 22.0. The summed E-state index contributed by atoms with van der Waals surface area (Å²) >= 11 is 0. The summed E-state index contributed by atoms with van der Waals surface area (Å²) in [6.07, 6.45) is 0.770. The van der Waals surface area contributed by atoms with Gasteiger partial charge in [0.25, 0.3) is 0 Å². The molecule has 0 radical (unpaired) electrons. The summed E-state index contributed by atoms with van der Waals surface area (Å²) in [5.41, 5.74) is 28.5.